The molecule has 150 valence electrons. The maximum absolute atomic E-state index is 13.2. The first-order chi connectivity index (χ1) is 12.3. The minimum atomic E-state index is -5.07. The number of hydrogen-bond acceptors (Lipinski definition) is 3. The lowest BCUT2D eigenvalue weighted by atomic mass is 10.0. The molecular weight excluding hydrogens is 400 g/mol. The number of benzene rings is 1. The van der Waals surface area contributed by atoms with Crippen LogP contribution in [0.1, 0.15) is 24.8 Å². The zero-order chi connectivity index (χ0) is 20.2. The van der Waals surface area contributed by atoms with Crippen molar-refractivity contribution in [2.24, 2.45) is 5.92 Å². The van der Waals surface area contributed by atoms with Gasteiger partial charge >= 0.3 is 6.18 Å². The van der Waals surface area contributed by atoms with Crippen molar-refractivity contribution < 1.29 is 39.6 Å². The van der Waals surface area contributed by atoms with Gasteiger partial charge < -0.3 is 4.90 Å². The Balaban J connectivity index is 1.81. The topological polar surface area (TPSA) is 54.5 Å². The highest BCUT2D eigenvalue weighted by molar-refractivity contribution is 7.92. The van der Waals surface area contributed by atoms with Gasteiger partial charge in [-0.15, -0.1) is 0 Å². The first-order valence-corrected chi connectivity index (χ1v) is 9.63. The highest BCUT2D eigenvalue weighted by atomic mass is 32.2. The molecule has 1 aromatic carbocycles. The molecule has 2 aliphatic rings. The van der Waals surface area contributed by atoms with Crippen LogP contribution in [0, 0.1) is 11.7 Å². The highest BCUT2D eigenvalue weighted by Crippen LogP contribution is 2.41. The number of sulfone groups is 1. The fourth-order valence-electron chi connectivity index (χ4n) is 3.52. The summed E-state index contributed by atoms with van der Waals surface area (Å²) in [5.41, 5.74) is -1.60. The molecule has 1 saturated heterocycles. The Morgan fingerprint density at radius 1 is 1.15 bits per heavy atom. The van der Waals surface area contributed by atoms with E-state index in [9.17, 15) is 39.6 Å². The monoisotopic (exact) mass is 415 g/mol. The Kier molecular flexibility index (Phi) is 4.72. The zero-order valence-electron chi connectivity index (χ0n) is 13.8. The van der Waals surface area contributed by atoms with Gasteiger partial charge in [0.05, 0.1) is 28.8 Å². The van der Waals surface area contributed by atoms with Crippen LogP contribution in [0.2, 0.25) is 0 Å². The van der Waals surface area contributed by atoms with E-state index in [2.05, 4.69) is 0 Å². The van der Waals surface area contributed by atoms with E-state index in [1.54, 1.807) is 0 Å². The summed E-state index contributed by atoms with van der Waals surface area (Å²) in [7, 11) is -4.48. The lowest BCUT2D eigenvalue weighted by molar-refractivity contribution is -0.169. The van der Waals surface area contributed by atoms with Gasteiger partial charge in [-0.2, -0.15) is 13.2 Å². The van der Waals surface area contributed by atoms with Crippen molar-refractivity contribution in [3.63, 3.8) is 0 Å². The molecule has 27 heavy (non-hydrogen) atoms. The van der Waals surface area contributed by atoms with Crippen LogP contribution in [0.3, 0.4) is 0 Å². The molecule has 0 radical (unpaired) electrons. The van der Waals surface area contributed by atoms with Crippen molar-refractivity contribution in [3.8, 4) is 0 Å². The van der Waals surface area contributed by atoms with Crippen molar-refractivity contribution >= 4 is 15.7 Å². The van der Waals surface area contributed by atoms with E-state index in [0.717, 1.165) is 4.90 Å². The number of hydrogen-bond donors (Lipinski definition) is 0. The summed E-state index contributed by atoms with van der Waals surface area (Å²) >= 11 is 0. The SMILES string of the molecule is O=C([C@@H]1CC[C@@H](S(=O)(=O)c2ccc(F)cc2C(F)(F)F)C1)N1CC(F)(F)C1. The summed E-state index contributed by atoms with van der Waals surface area (Å²) in [6, 6.07) is 1.31. The molecule has 0 spiro atoms. The van der Waals surface area contributed by atoms with Gasteiger partial charge in [0.15, 0.2) is 9.84 Å². The number of carbonyl (C=O) groups is 1. The van der Waals surface area contributed by atoms with Crippen LogP contribution in [0.5, 0.6) is 0 Å². The van der Waals surface area contributed by atoms with Gasteiger partial charge in [-0.25, -0.2) is 21.6 Å². The van der Waals surface area contributed by atoms with Crippen LogP contribution >= 0.6 is 0 Å². The van der Waals surface area contributed by atoms with E-state index in [0.29, 0.717) is 12.1 Å². The average molecular weight is 415 g/mol. The second-order valence-corrected chi connectivity index (χ2v) is 9.06. The quantitative estimate of drug-likeness (QED) is 0.563. The first kappa shape index (κ1) is 20.0. The molecule has 0 N–H and O–H groups in total. The third kappa shape index (κ3) is 3.78. The van der Waals surface area contributed by atoms with Gasteiger partial charge in [-0.05, 0) is 37.5 Å². The maximum Gasteiger partial charge on any atom is 0.417 e. The predicted octanol–water partition coefficient (Wildman–Crippen LogP) is 3.26. The van der Waals surface area contributed by atoms with Crippen molar-refractivity contribution in [1.82, 2.24) is 4.90 Å². The molecule has 1 aromatic rings. The Labute approximate surface area is 151 Å². The highest BCUT2D eigenvalue weighted by Gasteiger charge is 2.50. The van der Waals surface area contributed by atoms with Crippen LogP contribution < -0.4 is 0 Å². The van der Waals surface area contributed by atoms with Crippen molar-refractivity contribution in [2.45, 2.75) is 41.5 Å². The Hall–Kier alpha value is -1.78. The molecule has 1 saturated carbocycles. The van der Waals surface area contributed by atoms with Crippen molar-refractivity contribution in [2.75, 3.05) is 13.1 Å². The van der Waals surface area contributed by atoms with Crippen molar-refractivity contribution in [1.29, 1.82) is 0 Å². The van der Waals surface area contributed by atoms with Gasteiger partial charge in [0, 0.05) is 5.92 Å². The van der Waals surface area contributed by atoms with Crippen LogP contribution in [-0.2, 0) is 20.8 Å². The second-order valence-electron chi connectivity index (χ2n) is 6.87. The van der Waals surface area contributed by atoms with Crippen LogP contribution in [0.4, 0.5) is 26.3 Å². The standard InChI is InChI=1S/C16H15F6NO3S/c17-10-2-4-13(12(6-10)16(20,21)22)27(25,26)11-3-1-9(5-11)14(24)23-7-15(18,19)8-23/h2,4,6,9,11H,1,3,5,7-8H2/t9-,11-/m1/s1. The van der Waals surface area contributed by atoms with Gasteiger partial charge in [-0.3, -0.25) is 4.79 Å². The number of likely N-dealkylation sites (tertiary alicyclic amines) is 1. The molecular formula is C16H15F6NO3S. The normalized spacial score (nSPS) is 25.3. The van der Waals surface area contributed by atoms with Gasteiger partial charge in [-0.1, -0.05) is 0 Å². The largest absolute Gasteiger partial charge is 0.417 e. The number of nitrogens with zero attached hydrogens (tertiary/aromatic N) is 1. The van der Waals surface area contributed by atoms with E-state index in [1.165, 1.54) is 0 Å². The van der Waals surface area contributed by atoms with E-state index >= 15 is 0 Å². The van der Waals surface area contributed by atoms with Crippen LogP contribution in [-0.4, -0.2) is 43.5 Å². The fourth-order valence-corrected chi connectivity index (χ4v) is 5.55. The van der Waals surface area contributed by atoms with E-state index in [-0.39, 0.29) is 25.3 Å². The summed E-state index contributed by atoms with van der Waals surface area (Å²) in [6.45, 7) is -1.48. The molecule has 3 rings (SSSR count). The molecule has 1 aliphatic carbocycles. The summed E-state index contributed by atoms with van der Waals surface area (Å²) in [5, 5.41) is -1.26. The molecule has 0 unspecified atom stereocenters. The summed E-state index contributed by atoms with van der Waals surface area (Å²) < 4.78 is 104. The first-order valence-electron chi connectivity index (χ1n) is 8.08. The summed E-state index contributed by atoms with van der Waals surface area (Å²) in [6.07, 6.45) is -5.32. The minimum absolute atomic E-state index is 0.0718. The van der Waals surface area contributed by atoms with Crippen molar-refractivity contribution in [3.05, 3.63) is 29.6 Å². The van der Waals surface area contributed by atoms with Crippen LogP contribution in [0.25, 0.3) is 0 Å². The molecule has 11 heteroatoms. The number of alkyl halides is 5. The Bertz CT molecular complexity index is 859. The summed E-state index contributed by atoms with van der Waals surface area (Å²) in [4.78, 5) is 12.0. The smallest absolute Gasteiger partial charge is 0.330 e. The lowest BCUT2D eigenvalue weighted by Crippen LogP contribution is -2.59. The second kappa shape index (κ2) is 6.39. The zero-order valence-corrected chi connectivity index (χ0v) is 14.6. The third-order valence-electron chi connectivity index (χ3n) is 4.88. The molecule has 1 amide bonds. The number of rotatable bonds is 3. The molecule has 0 aromatic heterocycles. The lowest BCUT2D eigenvalue weighted by Gasteiger charge is -2.40. The van der Waals surface area contributed by atoms with Gasteiger partial charge in [0.2, 0.25) is 5.91 Å². The predicted molar refractivity (Wildman–Crippen MR) is 81.2 cm³/mol. The van der Waals surface area contributed by atoms with Gasteiger partial charge in [0.25, 0.3) is 5.92 Å². The van der Waals surface area contributed by atoms with Crippen LogP contribution in [0.15, 0.2) is 23.1 Å². The van der Waals surface area contributed by atoms with Gasteiger partial charge in [0.1, 0.15) is 5.82 Å². The Morgan fingerprint density at radius 2 is 1.78 bits per heavy atom. The fraction of sp³-hybridized carbons (Fsp3) is 0.562. The molecule has 2 fully saturated rings. The Morgan fingerprint density at radius 3 is 2.33 bits per heavy atom. The molecule has 2 atom stereocenters. The minimum Gasteiger partial charge on any atom is -0.330 e. The number of halogens is 6. The maximum atomic E-state index is 13.2. The number of carbonyl (C=O) groups excluding carboxylic acids is 1. The molecule has 1 aliphatic heterocycles. The third-order valence-corrected chi connectivity index (χ3v) is 7.16. The molecule has 4 nitrogen and oxygen atoms in total. The van der Waals surface area contributed by atoms with E-state index in [4.69, 9.17) is 0 Å². The van der Waals surface area contributed by atoms with E-state index < -0.39 is 68.4 Å². The number of amides is 1. The van der Waals surface area contributed by atoms with E-state index in [1.807, 2.05) is 0 Å². The summed E-state index contributed by atoms with van der Waals surface area (Å²) in [5.74, 6) is -5.64. The molecule has 1 heterocycles. The average Bonchev–Trinajstić information content (AvgIpc) is 3.01. The molecule has 0 bridgehead atoms.